The van der Waals surface area contributed by atoms with Gasteiger partial charge >= 0.3 is 0 Å². The average Bonchev–Trinajstić information content (AvgIpc) is 2.19. The van der Waals surface area contributed by atoms with Crippen LogP contribution in [0.1, 0.15) is 13.3 Å². The molecule has 0 saturated heterocycles. The van der Waals surface area contributed by atoms with Gasteiger partial charge in [-0.05, 0) is 31.7 Å². The van der Waals surface area contributed by atoms with Crippen LogP contribution in [0.4, 0.5) is 0 Å². The zero-order chi connectivity index (χ0) is 10.4. The van der Waals surface area contributed by atoms with Crippen molar-refractivity contribution in [1.82, 2.24) is 5.32 Å². The Bertz CT molecular complexity index is 274. The van der Waals surface area contributed by atoms with Crippen molar-refractivity contribution in [3.63, 3.8) is 0 Å². The van der Waals surface area contributed by atoms with Gasteiger partial charge in [0.1, 0.15) is 12.4 Å². The van der Waals surface area contributed by atoms with E-state index in [1.807, 2.05) is 31.3 Å². The van der Waals surface area contributed by atoms with Crippen molar-refractivity contribution < 1.29 is 4.74 Å². The van der Waals surface area contributed by atoms with Crippen LogP contribution in [0.5, 0.6) is 5.75 Å². The molecule has 0 aliphatic rings. The van der Waals surface area contributed by atoms with Gasteiger partial charge in [0.2, 0.25) is 0 Å². The SMILES string of the molecule is CCC(COc1cccc(Cl)c1)NC. The first-order valence-corrected chi connectivity index (χ1v) is 5.19. The Kier molecular flexibility index (Phi) is 4.77. The van der Waals surface area contributed by atoms with Gasteiger partial charge in [0.25, 0.3) is 0 Å². The standard InChI is InChI=1S/C11H16ClNO/c1-3-10(13-2)8-14-11-6-4-5-9(12)7-11/h4-7,10,13H,3,8H2,1-2H3. The lowest BCUT2D eigenvalue weighted by Gasteiger charge is -2.14. The first-order valence-electron chi connectivity index (χ1n) is 4.82. The minimum atomic E-state index is 0.397. The molecule has 0 amide bonds. The maximum Gasteiger partial charge on any atom is 0.120 e. The fourth-order valence-corrected chi connectivity index (χ4v) is 1.34. The molecule has 0 heterocycles. The van der Waals surface area contributed by atoms with Crippen molar-refractivity contribution in [2.24, 2.45) is 0 Å². The molecule has 0 spiro atoms. The van der Waals surface area contributed by atoms with Crippen LogP contribution in [0.25, 0.3) is 0 Å². The van der Waals surface area contributed by atoms with Gasteiger partial charge in [-0.1, -0.05) is 24.6 Å². The van der Waals surface area contributed by atoms with Gasteiger partial charge < -0.3 is 10.1 Å². The summed E-state index contributed by atoms with van der Waals surface area (Å²) < 4.78 is 5.58. The lowest BCUT2D eigenvalue weighted by molar-refractivity contribution is 0.267. The minimum Gasteiger partial charge on any atom is -0.492 e. The molecule has 1 unspecified atom stereocenters. The van der Waals surface area contributed by atoms with Crippen molar-refractivity contribution in [3.05, 3.63) is 29.3 Å². The molecule has 0 saturated carbocycles. The van der Waals surface area contributed by atoms with Gasteiger partial charge in [0, 0.05) is 11.1 Å². The number of likely N-dealkylation sites (N-methyl/N-ethyl adjacent to an activating group) is 1. The van der Waals surface area contributed by atoms with Crippen LogP contribution in [-0.2, 0) is 0 Å². The van der Waals surface area contributed by atoms with Gasteiger partial charge in [0.15, 0.2) is 0 Å². The Hall–Kier alpha value is -0.730. The molecule has 0 radical (unpaired) electrons. The highest BCUT2D eigenvalue weighted by Crippen LogP contribution is 2.17. The van der Waals surface area contributed by atoms with Crippen molar-refractivity contribution in [2.45, 2.75) is 19.4 Å². The highest BCUT2D eigenvalue weighted by atomic mass is 35.5. The van der Waals surface area contributed by atoms with Crippen LogP contribution in [-0.4, -0.2) is 19.7 Å². The fraction of sp³-hybridized carbons (Fsp3) is 0.455. The van der Waals surface area contributed by atoms with Crippen molar-refractivity contribution in [2.75, 3.05) is 13.7 Å². The van der Waals surface area contributed by atoms with E-state index in [-0.39, 0.29) is 0 Å². The summed E-state index contributed by atoms with van der Waals surface area (Å²) in [5.74, 6) is 0.825. The molecule has 1 aromatic rings. The summed E-state index contributed by atoms with van der Waals surface area (Å²) in [4.78, 5) is 0. The average molecular weight is 214 g/mol. The number of nitrogens with one attached hydrogen (secondary N) is 1. The number of rotatable bonds is 5. The third-order valence-electron chi connectivity index (χ3n) is 2.15. The highest BCUT2D eigenvalue weighted by Gasteiger charge is 2.03. The quantitative estimate of drug-likeness (QED) is 0.812. The molecule has 2 nitrogen and oxygen atoms in total. The third kappa shape index (κ3) is 3.56. The molecule has 1 N–H and O–H groups in total. The summed E-state index contributed by atoms with van der Waals surface area (Å²) in [6, 6.07) is 7.86. The summed E-state index contributed by atoms with van der Waals surface area (Å²) in [5.41, 5.74) is 0. The lowest BCUT2D eigenvalue weighted by Crippen LogP contribution is -2.30. The van der Waals surface area contributed by atoms with Crippen molar-refractivity contribution >= 4 is 11.6 Å². The maximum atomic E-state index is 5.83. The predicted molar refractivity (Wildman–Crippen MR) is 60.1 cm³/mol. The van der Waals surface area contributed by atoms with Crippen LogP contribution >= 0.6 is 11.6 Å². The van der Waals surface area contributed by atoms with E-state index < -0.39 is 0 Å². The molecule has 0 aliphatic heterocycles. The molecule has 0 fully saturated rings. The number of benzene rings is 1. The first-order chi connectivity index (χ1) is 6.76. The normalized spacial score (nSPS) is 12.5. The van der Waals surface area contributed by atoms with Gasteiger partial charge in [-0.2, -0.15) is 0 Å². The van der Waals surface area contributed by atoms with E-state index in [1.54, 1.807) is 0 Å². The largest absolute Gasteiger partial charge is 0.492 e. The predicted octanol–water partition coefficient (Wildman–Crippen LogP) is 2.72. The van der Waals surface area contributed by atoms with E-state index >= 15 is 0 Å². The molecular weight excluding hydrogens is 198 g/mol. The fourth-order valence-electron chi connectivity index (χ4n) is 1.16. The Balaban J connectivity index is 2.44. The molecule has 0 aromatic heterocycles. The van der Waals surface area contributed by atoms with Crippen LogP contribution in [0, 0.1) is 0 Å². The summed E-state index contributed by atoms with van der Waals surface area (Å²) in [7, 11) is 1.94. The lowest BCUT2D eigenvalue weighted by atomic mass is 10.2. The van der Waals surface area contributed by atoms with Crippen molar-refractivity contribution in [1.29, 1.82) is 0 Å². The number of hydrogen-bond acceptors (Lipinski definition) is 2. The molecule has 3 heteroatoms. The van der Waals surface area contributed by atoms with Crippen LogP contribution in [0.15, 0.2) is 24.3 Å². The molecule has 0 bridgehead atoms. The summed E-state index contributed by atoms with van der Waals surface area (Å²) in [6.07, 6.45) is 1.05. The van der Waals surface area contributed by atoms with Gasteiger partial charge in [0.05, 0.1) is 0 Å². The minimum absolute atomic E-state index is 0.397. The zero-order valence-corrected chi connectivity index (χ0v) is 9.34. The van der Waals surface area contributed by atoms with Gasteiger partial charge in [-0.15, -0.1) is 0 Å². The van der Waals surface area contributed by atoms with Gasteiger partial charge in [-0.25, -0.2) is 0 Å². The number of hydrogen-bond donors (Lipinski definition) is 1. The molecule has 78 valence electrons. The van der Waals surface area contributed by atoms with Gasteiger partial charge in [-0.3, -0.25) is 0 Å². The number of halogens is 1. The molecule has 14 heavy (non-hydrogen) atoms. The van der Waals surface area contributed by atoms with Crippen LogP contribution in [0.2, 0.25) is 5.02 Å². The second kappa shape index (κ2) is 5.89. The zero-order valence-electron chi connectivity index (χ0n) is 8.59. The Morgan fingerprint density at radius 1 is 1.50 bits per heavy atom. The molecule has 1 atom stereocenters. The van der Waals surface area contributed by atoms with E-state index in [9.17, 15) is 0 Å². The molecule has 0 aliphatic carbocycles. The third-order valence-corrected chi connectivity index (χ3v) is 2.38. The number of ether oxygens (including phenoxy) is 1. The smallest absolute Gasteiger partial charge is 0.120 e. The highest BCUT2D eigenvalue weighted by molar-refractivity contribution is 6.30. The second-order valence-corrected chi connectivity index (χ2v) is 3.60. The summed E-state index contributed by atoms with van der Waals surface area (Å²) in [5, 5.41) is 3.89. The molecule has 1 rings (SSSR count). The summed E-state index contributed by atoms with van der Waals surface area (Å²) >= 11 is 5.83. The van der Waals surface area contributed by atoms with E-state index in [0.717, 1.165) is 12.2 Å². The Morgan fingerprint density at radius 2 is 2.29 bits per heavy atom. The Labute approximate surface area is 90.2 Å². The maximum absolute atomic E-state index is 5.83. The first kappa shape index (κ1) is 11.3. The van der Waals surface area contributed by atoms with E-state index in [2.05, 4.69) is 12.2 Å². The topological polar surface area (TPSA) is 21.3 Å². The molecular formula is C11H16ClNO. The van der Waals surface area contributed by atoms with Crippen LogP contribution < -0.4 is 10.1 Å². The van der Waals surface area contributed by atoms with Crippen molar-refractivity contribution in [3.8, 4) is 5.75 Å². The molecule has 1 aromatic carbocycles. The summed E-state index contributed by atoms with van der Waals surface area (Å²) in [6.45, 7) is 2.80. The Morgan fingerprint density at radius 3 is 2.86 bits per heavy atom. The van der Waals surface area contributed by atoms with E-state index in [1.165, 1.54) is 0 Å². The van der Waals surface area contributed by atoms with E-state index in [0.29, 0.717) is 17.7 Å². The second-order valence-electron chi connectivity index (χ2n) is 3.16. The monoisotopic (exact) mass is 213 g/mol. The van der Waals surface area contributed by atoms with Crippen LogP contribution in [0.3, 0.4) is 0 Å². The van der Waals surface area contributed by atoms with E-state index in [4.69, 9.17) is 16.3 Å².